The van der Waals surface area contributed by atoms with E-state index in [1.807, 2.05) is 0 Å². The van der Waals surface area contributed by atoms with E-state index in [-0.39, 0.29) is 17.1 Å². The molecule has 0 aromatic heterocycles. The van der Waals surface area contributed by atoms with Gasteiger partial charge in [0.2, 0.25) is 10.0 Å². The molecule has 0 aliphatic heterocycles. The smallest absolute Gasteiger partial charge is 0.316 e. The molecular weight excluding hydrogens is 324 g/mol. The fourth-order valence-corrected chi connectivity index (χ4v) is 2.85. The van der Waals surface area contributed by atoms with Crippen LogP contribution in [0.4, 0.5) is 17.6 Å². The molecule has 0 saturated carbocycles. The van der Waals surface area contributed by atoms with E-state index in [2.05, 4.69) is 5.32 Å². The Kier molecular flexibility index (Phi) is 5.36. The van der Waals surface area contributed by atoms with Crippen molar-refractivity contribution in [1.82, 2.24) is 10.0 Å². The first-order valence-corrected chi connectivity index (χ1v) is 7.12. The molecule has 0 heterocycles. The van der Waals surface area contributed by atoms with Crippen LogP contribution in [-0.2, 0) is 16.6 Å². The maximum atomic E-state index is 14.0. The second-order valence-electron chi connectivity index (χ2n) is 3.85. The fraction of sp³-hybridized carbons (Fsp3) is 0.400. The van der Waals surface area contributed by atoms with Gasteiger partial charge in [-0.1, -0.05) is 11.6 Å². The van der Waals surface area contributed by atoms with Crippen molar-refractivity contribution < 1.29 is 26.0 Å². The van der Waals surface area contributed by atoms with E-state index in [0.717, 1.165) is 6.07 Å². The van der Waals surface area contributed by atoms with Crippen LogP contribution in [0.1, 0.15) is 5.56 Å². The first kappa shape index (κ1) is 17.2. The molecule has 0 spiro atoms. The molecule has 114 valence electrons. The van der Waals surface area contributed by atoms with Gasteiger partial charge < -0.3 is 5.32 Å². The molecule has 20 heavy (non-hydrogen) atoms. The number of hydrogen-bond acceptors (Lipinski definition) is 3. The van der Waals surface area contributed by atoms with Gasteiger partial charge in [0.25, 0.3) is 0 Å². The molecule has 0 atom stereocenters. The summed E-state index contributed by atoms with van der Waals surface area (Å²) in [7, 11) is -3.15. The van der Waals surface area contributed by atoms with E-state index in [4.69, 9.17) is 11.6 Å². The molecule has 0 saturated heterocycles. The summed E-state index contributed by atoms with van der Waals surface area (Å²) in [5.41, 5.74) is -0.0626. The highest BCUT2D eigenvalue weighted by Gasteiger charge is 2.31. The molecule has 0 aliphatic rings. The lowest BCUT2D eigenvalue weighted by Crippen LogP contribution is -2.34. The van der Waals surface area contributed by atoms with Crippen molar-refractivity contribution in [2.45, 2.75) is 17.6 Å². The number of nitrogens with one attached hydrogen (secondary N) is 2. The van der Waals surface area contributed by atoms with Gasteiger partial charge in [0.15, 0.2) is 0 Å². The molecule has 1 aromatic rings. The van der Waals surface area contributed by atoms with Gasteiger partial charge >= 0.3 is 6.18 Å². The van der Waals surface area contributed by atoms with Crippen molar-refractivity contribution >= 4 is 21.6 Å². The van der Waals surface area contributed by atoms with Gasteiger partial charge in [0.05, 0.1) is 0 Å². The van der Waals surface area contributed by atoms with Gasteiger partial charge in [-0.05, 0) is 19.2 Å². The predicted molar refractivity (Wildman–Crippen MR) is 65.4 cm³/mol. The molecule has 1 aromatic carbocycles. The van der Waals surface area contributed by atoms with Crippen LogP contribution >= 0.6 is 11.6 Å². The zero-order valence-electron chi connectivity index (χ0n) is 10.2. The van der Waals surface area contributed by atoms with Crippen molar-refractivity contribution in [3.8, 4) is 0 Å². The summed E-state index contributed by atoms with van der Waals surface area (Å²) in [6.07, 6.45) is -4.74. The topological polar surface area (TPSA) is 58.2 Å². The lowest BCUT2D eigenvalue weighted by molar-refractivity contribution is -0.121. The number of halogens is 5. The summed E-state index contributed by atoms with van der Waals surface area (Å²) >= 11 is 5.64. The molecule has 1 rings (SSSR count). The first-order chi connectivity index (χ1) is 9.07. The molecule has 10 heteroatoms. The lowest BCUT2D eigenvalue weighted by atomic mass is 10.2. The highest BCUT2D eigenvalue weighted by atomic mass is 35.5. The van der Waals surface area contributed by atoms with Gasteiger partial charge in [-0.15, -0.1) is 0 Å². The van der Waals surface area contributed by atoms with Crippen LogP contribution < -0.4 is 10.0 Å². The van der Waals surface area contributed by atoms with Crippen LogP contribution in [0, 0.1) is 5.82 Å². The summed E-state index contributed by atoms with van der Waals surface area (Å²) in [6, 6.07) is 1.95. The predicted octanol–water partition coefficient (Wildman–Crippen LogP) is 2.04. The van der Waals surface area contributed by atoms with Crippen LogP contribution in [0.3, 0.4) is 0 Å². The zero-order chi connectivity index (χ0) is 15.6. The SMILES string of the molecule is CNCc1cc(Cl)cc(S(=O)(=O)NCC(F)(F)F)c1F. The molecule has 0 radical (unpaired) electrons. The molecule has 2 N–H and O–H groups in total. The van der Waals surface area contributed by atoms with Crippen molar-refractivity contribution in [1.29, 1.82) is 0 Å². The minimum Gasteiger partial charge on any atom is -0.316 e. The Morgan fingerprint density at radius 3 is 2.40 bits per heavy atom. The fourth-order valence-electron chi connectivity index (χ4n) is 1.39. The van der Waals surface area contributed by atoms with E-state index in [1.165, 1.54) is 17.8 Å². The number of hydrogen-bond donors (Lipinski definition) is 2. The molecule has 4 nitrogen and oxygen atoms in total. The monoisotopic (exact) mass is 334 g/mol. The second-order valence-corrected chi connectivity index (χ2v) is 6.02. The number of benzene rings is 1. The van der Waals surface area contributed by atoms with Crippen LogP contribution in [0.2, 0.25) is 5.02 Å². The standard InChI is InChI=1S/C10H11ClF4N2O2S/c1-16-4-6-2-7(11)3-8(9(6)12)20(18,19)17-5-10(13,14)15/h2-3,16-17H,4-5H2,1H3. The van der Waals surface area contributed by atoms with E-state index in [1.54, 1.807) is 0 Å². The number of rotatable bonds is 5. The Hall–Kier alpha value is -0.900. The van der Waals surface area contributed by atoms with Crippen molar-refractivity contribution in [2.24, 2.45) is 0 Å². The first-order valence-electron chi connectivity index (χ1n) is 5.26. The van der Waals surface area contributed by atoms with Crippen LogP contribution in [0.15, 0.2) is 17.0 Å². The molecule has 0 aliphatic carbocycles. The van der Waals surface area contributed by atoms with Gasteiger partial charge in [-0.25, -0.2) is 17.5 Å². The third kappa shape index (κ3) is 4.58. The summed E-state index contributed by atoms with van der Waals surface area (Å²) < 4.78 is 74.7. The average Bonchev–Trinajstić information content (AvgIpc) is 2.30. The Bertz CT molecular complexity index is 590. The molecule has 0 unspecified atom stereocenters. The third-order valence-corrected chi connectivity index (χ3v) is 3.82. The van der Waals surface area contributed by atoms with E-state index in [9.17, 15) is 26.0 Å². The van der Waals surface area contributed by atoms with E-state index >= 15 is 0 Å². The summed E-state index contributed by atoms with van der Waals surface area (Å²) in [6.45, 7) is -1.81. The molecule has 0 fully saturated rings. The van der Waals surface area contributed by atoms with Crippen LogP contribution in [0.25, 0.3) is 0 Å². The summed E-state index contributed by atoms with van der Waals surface area (Å²) in [4.78, 5) is -0.917. The van der Waals surface area contributed by atoms with Crippen LogP contribution in [-0.4, -0.2) is 28.2 Å². The van der Waals surface area contributed by atoms with Gasteiger partial charge in [-0.3, -0.25) is 0 Å². The van der Waals surface area contributed by atoms with Gasteiger partial charge in [0.1, 0.15) is 17.3 Å². The second kappa shape index (κ2) is 6.25. The summed E-state index contributed by atoms with van der Waals surface area (Å²) in [5, 5.41) is 2.50. The quantitative estimate of drug-likeness (QED) is 0.810. The minimum atomic E-state index is -4.74. The average molecular weight is 335 g/mol. The lowest BCUT2D eigenvalue weighted by Gasteiger charge is -2.12. The van der Waals surface area contributed by atoms with E-state index < -0.39 is 33.5 Å². The Morgan fingerprint density at radius 2 is 1.90 bits per heavy atom. The normalized spacial score (nSPS) is 12.7. The van der Waals surface area contributed by atoms with Crippen LogP contribution in [0.5, 0.6) is 0 Å². The van der Waals surface area contributed by atoms with Crippen molar-refractivity contribution in [3.05, 3.63) is 28.5 Å². The van der Waals surface area contributed by atoms with Crippen molar-refractivity contribution in [3.63, 3.8) is 0 Å². The van der Waals surface area contributed by atoms with Crippen molar-refractivity contribution in [2.75, 3.05) is 13.6 Å². The van der Waals surface area contributed by atoms with E-state index in [0.29, 0.717) is 0 Å². The number of alkyl halides is 3. The maximum Gasteiger partial charge on any atom is 0.402 e. The zero-order valence-corrected chi connectivity index (χ0v) is 11.8. The third-order valence-electron chi connectivity index (χ3n) is 2.20. The highest BCUT2D eigenvalue weighted by molar-refractivity contribution is 7.89. The largest absolute Gasteiger partial charge is 0.402 e. The Labute approximate surface area is 118 Å². The molecular formula is C10H11ClF4N2O2S. The van der Waals surface area contributed by atoms with Gasteiger partial charge in [-0.2, -0.15) is 13.2 Å². The highest BCUT2D eigenvalue weighted by Crippen LogP contribution is 2.24. The summed E-state index contributed by atoms with van der Waals surface area (Å²) in [5.74, 6) is -1.14. The number of sulfonamides is 1. The molecule has 0 bridgehead atoms. The Morgan fingerprint density at radius 1 is 1.30 bits per heavy atom. The Balaban J connectivity index is 3.18. The minimum absolute atomic E-state index is 0.0197. The van der Waals surface area contributed by atoms with Gasteiger partial charge in [0, 0.05) is 17.1 Å². The molecule has 0 amide bonds. The maximum absolute atomic E-state index is 14.0.